The lowest BCUT2D eigenvalue weighted by atomic mass is 9.59. The second-order valence-electron chi connectivity index (χ2n) is 6.10. The fourth-order valence-electron chi connectivity index (χ4n) is 4.75. The first-order valence-electron chi connectivity index (χ1n) is 6.38. The van der Waals surface area contributed by atoms with Crippen molar-refractivity contribution in [1.82, 2.24) is 0 Å². The molecule has 5 aliphatic rings. The molecule has 4 saturated heterocycles. The molecule has 5 rings (SSSR count). The minimum atomic E-state index is -0.801. The van der Waals surface area contributed by atoms with Crippen LogP contribution >= 0.6 is 0 Å². The third-order valence-electron chi connectivity index (χ3n) is 5.49. The third kappa shape index (κ3) is 0.738. The second-order valence-corrected chi connectivity index (χ2v) is 6.10. The van der Waals surface area contributed by atoms with Crippen LogP contribution in [0.1, 0.15) is 6.92 Å². The fourth-order valence-corrected chi connectivity index (χ4v) is 4.75. The molecule has 4 bridgehead atoms. The van der Waals surface area contributed by atoms with Gasteiger partial charge in [-0.1, -0.05) is 12.2 Å². The zero-order valence-electron chi connectivity index (χ0n) is 9.74. The van der Waals surface area contributed by atoms with Crippen LogP contribution in [0, 0.1) is 23.2 Å². The van der Waals surface area contributed by atoms with Crippen LogP contribution in [0.25, 0.3) is 0 Å². The Balaban J connectivity index is 1.68. The molecule has 0 unspecified atom stereocenters. The van der Waals surface area contributed by atoms with Gasteiger partial charge in [-0.15, -0.1) is 0 Å². The first kappa shape index (κ1) is 9.69. The summed E-state index contributed by atoms with van der Waals surface area (Å²) in [7, 11) is 0. The summed E-state index contributed by atoms with van der Waals surface area (Å²) >= 11 is 0. The molecule has 5 heterocycles. The van der Waals surface area contributed by atoms with Crippen LogP contribution in [-0.2, 0) is 23.8 Å². The summed E-state index contributed by atoms with van der Waals surface area (Å²) in [5, 5.41) is 0. The van der Waals surface area contributed by atoms with Crippen LogP contribution < -0.4 is 0 Å². The molecule has 4 fully saturated rings. The van der Waals surface area contributed by atoms with Crippen molar-refractivity contribution in [3.05, 3.63) is 12.2 Å². The zero-order chi connectivity index (χ0) is 12.2. The molecule has 0 aliphatic carbocycles. The summed E-state index contributed by atoms with van der Waals surface area (Å²) in [5.41, 5.74) is -0.801. The van der Waals surface area contributed by atoms with E-state index in [0.717, 1.165) is 0 Å². The summed E-state index contributed by atoms with van der Waals surface area (Å²) in [5.74, 6) is -0.866. The lowest BCUT2D eigenvalue weighted by Gasteiger charge is -2.36. The van der Waals surface area contributed by atoms with Crippen LogP contribution in [-0.4, -0.2) is 36.4 Å². The number of fused-ring (bicyclic) bond motifs is 12. The van der Waals surface area contributed by atoms with Gasteiger partial charge < -0.3 is 14.2 Å². The molecule has 0 amide bonds. The Morgan fingerprint density at radius 3 is 2.61 bits per heavy atom. The predicted octanol–water partition coefficient (Wildman–Crippen LogP) is 0.0429. The Morgan fingerprint density at radius 2 is 1.83 bits per heavy atom. The Hall–Kier alpha value is -1.20. The van der Waals surface area contributed by atoms with Crippen LogP contribution in [0.2, 0.25) is 0 Å². The smallest absolute Gasteiger partial charge is 0.323 e. The number of carbonyl (C=O) groups is 2. The number of ether oxygens (including phenoxy) is 3. The van der Waals surface area contributed by atoms with E-state index < -0.39 is 23.3 Å². The van der Waals surface area contributed by atoms with Crippen LogP contribution in [0.3, 0.4) is 0 Å². The molecule has 5 aliphatic heterocycles. The van der Waals surface area contributed by atoms with Crippen molar-refractivity contribution < 1.29 is 23.8 Å². The number of hydrogen-bond acceptors (Lipinski definition) is 5. The molecule has 0 saturated carbocycles. The summed E-state index contributed by atoms with van der Waals surface area (Å²) in [4.78, 5) is 23.9. The molecule has 0 spiro atoms. The molecule has 5 heteroatoms. The SMILES string of the molecule is C[C@@]12C(=O)OC(=O)[C@@H]1[C@@H]1O[C@H]2[C@@H]2[C@H]1[C@H]1C=C[C@@H]2O1. The van der Waals surface area contributed by atoms with Crippen molar-refractivity contribution in [3.63, 3.8) is 0 Å². The van der Waals surface area contributed by atoms with Gasteiger partial charge in [-0.2, -0.15) is 0 Å². The van der Waals surface area contributed by atoms with Crippen molar-refractivity contribution in [2.75, 3.05) is 0 Å². The first-order valence-corrected chi connectivity index (χ1v) is 6.38. The summed E-state index contributed by atoms with van der Waals surface area (Å²) < 4.78 is 16.7. The van der Waals surface area contributed by atoms with Crippen molar-refractivity contribution >= 4 is 11.9 Å². The van der Waals surface area contributed by atoms with Gasteiger partial charge in [0.25, 0.3) is 0 Å². The van der Waals surface area contributed by atoms with Gasteiger partial charge in [0.15, 0.2) is 0 Å². The van der Waals surface area contributed by atoms with Gasteiger partial charge >= 0.3 is 11.9 Å². The highest BCUT2D eigenvalue weighted by Gasteiger charge is 2.78. The van der Waals surface area contributed by atoms with Crippen LogP contribution in [0.5, 0.6) is 0 Å². The molecule has 5 nitrogen and oxygen atoms in total. The lowest BCUT2D eigenvalue weighted by Crippen LogP contribution is -2.51. The molecular formula is C13H12O5. The minimum Gasteiger partial charge on any atom is -0.392 e. The highest BCUT2D eigenvalue weighted by molar-refractivity contribution is 6.00. The number of rotatable bonds is 0. The van der Waals surface area contributed by atoms with E-state index in [0.29, 0.717) is 0 Å². The van der Waals surface area contributed by atoms with E-state index in [1.54, 1.807) is 0 Å². The molecule has 94 valence electrons. The number of hydrogen-bond donors (Lipinski definition) is 0. The van der Waals surface area contributed by atoms with E-state index in [-0.39, 0.29) is 36.3 Å². The Bertz CT molecular complexity index is 525. The Labute approximate surface area is 103 Å². The first-order chi connectivity index (χ1) is 8.62. The highest BCUT2D eigenvalue weighted by Crippen LogP contribution is 2.65. The molecule has 0 aromatic heterocycles. The third-order valence-corrected chi connectivity index (χ3v) is 5.49. The molecule has 8 atom stereocenters. The van der Waals surface area contributed by atoms with E-state index >= 15 is 0 Å². The maximum atomic E-state index is 12.0. The Morgan fingerprint density at radius 1 is 1.11 bits per heavy atom. The molecular weight excluding hydrogens is 236 g/mol. The van der Waals surface area contributed by atoms with Crippen molar-refractivity contribution in [3.8, 4) is 0 Å². The van der Waals surface area contributed by atoms with E-state index in [1.165, 1.54) is 0 Å². The lowest BCUT2D eigenvalue weighted by molar-refractivity contribution is -0.159. The van der Waals surface area contributed by atoms with Gasteiger partial charge in [-0.25, -0.2) is 0 Å². The fraction of sp³-hybridized carbons (Fsp3) is 0.692. The van der Waals surface area contributed by atoms with E-state index in [1.807, 2.05) is 6.92 Å². The number of carbonyl (C=O) groups excluding carboxylic acids is 2. The van der Waals surface area contributed by atoms with Crippen LogP contribution in [0.4, 0.5) is 0 Å². The maximum absolute atomic E-state index is 12.0. The van der Waals surface area contributed by atoms with Gasteiger partial charge in [-0.05, 0) is 6.92 Å². The molecule has 0 aromatic rings. The van der Waals surface area contributed by atoms with Crippen molar-refractivity contribution in [2.45, 2.75) is 31.3 Å². The van der Waals surface area contributed by atoms with Gasteiger partial charge in [0.2, 0.25) is 0 Å². The zero-order valence-corrected chi connectivity index (χ0v) is 9.74. The largest absolute Gasteiger partial charge is 0.392 e. The average Bonchev–Trinajstić information content (AvgIpc) is 3.05. The van der Waals surface area contributed by atoms with Crippen molar-refractivity contribution in [1.29, 1.82) is 0 Å². The van der Waals surface area contributed by atoms with Gasteiger partial charge in [0.05, 0.1) is 24.4 Å². The Kier molecular flexibility index (Phi) is 1.38. The minimum absolute atomic E-state index is 0.0382. The van der Waals surface area contributed by atoms with Gasteiger partial charge in [0.1, 0.15) is 11.3 Å². The second kappa shape index (κ2) is 2.56. The summed E-state index contributed by atoms with van der Waals surface area (Å²) in [6.07, 6.45) is 3.73. The van der Waals surface area contributed by atoms with Gasteiger partial charge in [-0.3, -0.25) is 9.59 Å². The van der Waals surface area contributed by atoms with Crippen LogP contribution in [0.15, 0.2) is 12.2 Å². The molecule has 18 heavy (non-hydrogen) atoms. The highest BCUT2D eigenvalue weighted by atomic mass is 16.6. The monoisotopic (exact) mass is 248 g/mol. The van der Waals surface area contributed by atoms with E-state index in [9.17, 15) is 9.59 Å². The molecule has 0 N–H and O–H groups in total. The van der Waals surface area contributed by atoms with Gasteiger partial charge in [0, 0.05) is 11.8 Å². The van der Waals surface area contributed by atoms with Crippen molar-refractivity contribution in [2.24, 2.45) is 23.2 Å². The normalized spacial score (nSPS) is 62.4. The van der Waals surface area contributed by atoms with E-state index in [4.69, 9.17) is 14.2 Å². The topological polar surface area (TPSA) is 61.8 Å². The van der Waals surface area contributed by atoms with E-state index in [2.05, 4.69) is 12.2 Å². The number of esters is 2. The summed E-state index contributed by atoms with van der Waals surface area (Å²) in [6, 6.07) is 0. The maximum Gasteiger partial charge on any atom is 0.323 e. The average molecular weight is 248 g/mol. The molecule has 0 aromatic carbocycles. The standard InChI is InChI=1S/C13H12O5/c1-13-8(11(14)18-12(13)15)9-6-4-2-3-5(16-4)7(6)10(13)17-9/h2-10H,1H3/t4-,5+,6-,7+,8+,9-,10+,13-/m1/s1. The predicted molar refractivity (Wildman–Crippen MR) is 56.1 cm³/mol. The number of cyclic esters (lactones) is 2. The summed E-state index contributed by atoms with van der Waals surface area (Å²) in [6.45, 7) is 1.81. The quantitative estimate of drug-likeness (QED) is 0.344. The molecule has 0 radical (unpaired) electrons.